The van der Waals surface area contributed by atoms with Gasteiger partial charge in [-0.3, -0.25) is 9.30 Å². The number of nitrogens with zero attached hydrogens (tertiary/aromatic N) is 5. The lowest BCUT2D eigenvalue weighted by Gasteiger charge is -2.32. The van der Waals surface area contributed by atoms with Crippen LogP contribution in [0.1, 0.15) is 24.4 Å². The fraction of sp³-hybridized carbons (Fsp3) is 0.389. The normalized spacial score (nSPS) is 17.2. The molecule has 4 rings (SSSR count). The van der Waals surface area contributed by atoms with Gasteiger partial charge in [0.05, 0.1) is 13.2 Å². The third-order valence-electron chi connectivity index (χ3n) is 4.76. The molecule has 1 unspecified atom stereocenters. The Morgan fingerprint density at radius 3 is 2.54 bits per heavy atom. The van der Waals surface area contributed by atoms with Gasteiger partial charge in [-0.05, 0) is 25.0 Å². The maximum absolute atomic E-state index is 5.44. The molecule has 1 aromatic carbocycles. The summed E-state index contributed by atoms with van der Waals surface area (Å²) in [5, 5.41) is 8.08. The number of ether oxygens (including phenoxy) is 1. The lowest BCUT2D eigenvalue weighted by atomic mass is 10.0. The highest BCUT2D eigenvalue weighted by atomic mass is 16.5. The first-order valence-electron chi connectivity index (χ1n) is 8.32. The van der Waals surface area contributed by atoms with Gasteiger partial charge in [0.15, 0.2) is 0 Å². The lowest BCUT2D eigenvalue weighted by molar-refractivity contribution is 0.0198. The number of aromatic nitrogens is 4. The Bertz CT molecular complexity index is 836. The number of benzene rings is 1. The van der Waals surface area contributed by atoms with E-state index < -0.39 is 0 Å². The van der Waals surface area contributed by atoms with E-state index in [4.69, 9.17) is 4.74 Å². The highest BCUT2D eigenvalue weighted by molar-refractivity contribution is 5.63. The molecule has 1 aliphatic rings. The average molecular weight is 323 g/mol. The predicted molar refractivity (Wildman–Crippen MR) is 91.8 cm³/mol. The molecule has 0 N–H and O–H groups in total. The van der Waals surface area contributed by atoms with Crippen LogP contribution in [-0.4, -0.2) is 50.8 Å². The van der Waals surface area contributed by atoms with Gasteiger partial charge in [-0.1, -0.05) is 24.3 Å². The smallest absolute Gasteiger partial charge is 0.254 e. The minimum atomic E-state index is 0.406. The van der Waals surface area contributed by atoms with Crippen molar-refractivity contribution < 1.29 is 4.74 Å². The van der Waals surface area contributed by atoms with E-state index >= 15 is 0 Å². The van der Waals surface area contributed by atoms with Crippen LogP contribution in [0.2, 0.25) is 0 Å². The molecule has 0 spiro atoms. The van der Waals surface area contributed by atoms with Gasteiger partial charge in [0.1, 0.15) is 5.82 Å². The molecular formula is C18H21N5O. The third kappa shape index (κ3) is 2.79. The zero-order valence-electron chi connectivity index (χ0n) is 14.0. The highest BCUT2D eigenvalue weighted by Crippen LogP contribution is 2.25. The monoisotopic (exact) mass is 323 g/mol. The number of hydrogen-bond acceptors (Lipinski definition) is 5. The molecule has 6 heteroatoms. The summed E-state index contributed by atoms with van der Waals surface area (Å²) in [5.74, 6) is 1.48. The first kappa shape index (κ1) is 15.2. The highest BCUT2D eigenvalue weighted by Gasteiger charge is 2.18. The predicted octanol–water partition coefficient (Wildman–Crippen LogP) is 2.49. The minimum Gasteiger partial charge on any atom is -0.379 e. The summed E-state index contributed by atoms with van der Waals surface area (Å²) in [7, 11) is 0. The van der Waals surface area contributed by atoms with Gasteiger partial charge in [0.2, 0.25) is 0 Å². The topological polar surface area (TPSA) is 55.5 Å². The molecule has 1 saturated heterocycles. The van der Waals surface area contributed by atoms with Gasteiger partial charge in [0, 0.05) is 37.1 Å². The fourth-order valence-electron chi connectivity index (χ4n) is 3.18. The summed E-state index contributed by atoms with van der Waals surface area (Å²) < 4.78 is 7.36. The molecule has 0 saturated carbocycles. The van der Waals surface area contributed by atoms with Crippen LogP contribution in [0, 0.1) is 6.92 Å². The Kier molecular flexibility index (Phi) is 4.00. The molecule has 3 heterocycles. The second-order valence-corrected chi connectivity index (χ2v) is 6.21. The molecular weight excluding hydrogens is 302 g/mol. The molecule has 0 radical (unpaired) electrons. The van der Waals surface area contributed by atoms with E-state index in [9.17, 15) is 0 Å². The fourth-order valence-corrected chi connectivity index (χ4v) is 3.18. The van der Waals surface area contributed by atoms with Crippen LogP contribution in [-0.2, 0) is 4.74 Å². The largest absolute Gasteiger partial charge is 0.379 e. The first-order chi connectivity index (χ1) is 11.7. The van der Waals surface area contributed by atoms with E-state index in [0.717, 1.165) is 43.3 Å². The SMILES string of the molecule is Cc1nnc2ncc(-c3ccc(C(C)N4CCOCC4)cc3)cn12. The van der Waals surface area contributed by atoms with Crippen molar-refractivity contribution in [2.24, 2.45) is 0 Å². The average Bonchev–Trinajstić information content (AvgIpc) is 3.02. The second-order valence-electron chi connectivity index (χ2n) is 6.21. The Balaban J connectivity index is 1.59. The van der Waals surface area contributed by atoms with Gasteiger partial charge in [0.25, 0.3) is 5.78 Å². The molecule has 0 bridgehead atoms. The first-order valence-corrected chi connectivity index (χ1v) is 8.32. The number of rotatable bonds is 3. The van der Waals surface area contributed by atoms with Crippen molar-refractivity contribution in [3.05, 3.63) is 48.0 Å². The van der Waals surface area contributed by atoms with Crippen LogP contribution < -0.4 is 0 Å². The van der Waals surface area contributed by atoms with Gasteiger partial charge in [-0.2, -0.15) is 0 Å². The van der Waals surface area contributed by atoms with E-state index in [2.05, 4.69) is 51.3 Å². The quantitative estimate of drug-likeness (QED) is 0.741. The van der Waals surface area contributed by atoms with E-state index in [-0.39, 0.29) is 0 Å². The number of hydrogen-bond donors (Lipinski definition) is 0. The van der Waals surface area contributed by atoms with E-state index in [1.165, 1.54) is 5.56 Å². The number of fused-ring (bicyclic) bond motifs is 1. The molecule has 1 fully saturated rings. The van der Waals surface area contributed by atoms with Gasteiger partial charge < -0.3 is 4.74 Å². The summed E-state index contributed by atoms with van der Waals surface area (Å²) in [6.07, 6.45) is 3.89. The van der Waals surface area contributed by atoms with Crippen LogP contribution in [0.3, 0.4) is 0 Å². The van der Waals surface area contributed by atoms with E-state index in [1.54, 1.807) is 0 Å². The Morgan fingerprint density at radius 1 is 1.04 bits per heavy atom. The van der Waals surface area contributed by atoms with Crippen LogP contribution in [0.25, 0.3) is 16.9 Å². The summed E-state index contributed by atoms with van der Waals surface area (Å²) in [6.45, 7) is 7.83. The summed E-state index contributed by atoms with van der Waals surface area (Å²) in [6, 6.07) is 9.14. The standard InChI is InChI=1S/C18H21N5O/c1-13(22-7-9-24-10-8-22)15-3-5-16(6-4-15)17-11-19-18-21-20-14(2)23(18)12-17/h3-6,11-13H,7-10H2,1-2H3. The van der Waals surface area contributed by atoms with E-state index in [1.807, 2.05) is 23.7 Å². The maximum atomic E-state index is 5.44. The van der Waals surface area contributed by atoms with Gasteiger partial charge in [-0.25, -0.2) is 4.98 Å². The number of aryl methyl sites for hydroxylation is 1. The van der Waals surface area contributed by atoms with E-state index in [0.29, 0.717) is 11.8 Å². The van der Waals surface area contributed by atoms with Crippen molar-refractivity contribution in [3.63, 3.8) is 0 Å². The van der Waals surface area contributed by atoms with Gasteiger partial charge >= 0.3 is 0 Å². The molecule has 1 atom stereocenters. The van der Waals surface area contributed by atoms with Crippen molar-refractivity contribution in [2.75, 3.05) is 26.3 Å². The Hall–Kier alpha value is -2.31. The lowest BCUT2D eigenvalue weighted by Crippen LogP contribution is -2.37. The molecule has 6 nitrogen and oxygen atoms in total. The zero-order valence-corrected chi connectivity index (χ0v) is 14.0. The molecule has 24 heavy (non-hydrogen) atoms. The molecule has 2 aromatic heterocycles. The molecule has 0 amide bonds. The van der Waals surface area contributed by atoms with Crippen molar-refractivity contribution in [1.29, 1.82) is 0 Å². The van der Waals surface area contributed by atoms with Crippen LogP contribution in [0.4, 0.5) is 0 Å². The van der Waals surface area contributed by atoms with Crippen LogP contribution >= 0.6 is 0 Å². The van der Waals surface area contributed by atoms with Crippen molar-refractivity contribution in [2.45, 2.75) is 19.9 Å². The Labute approximate surface area is 141 Å². The number of morpholine rings is 1. The summed E-state index contributed by atoms with van der Waals surface area (Å²) in [4.78, 5) is 6.84. The van der Waals surface area contributed by atoms with Crippen LogP contribution in [0.5, 0.6) is 0 Å². The summed E-state index contributed by atoms with van der Waals surface area (Å²) in [5.41, 5.74) is 3.54. The zero-order chi connectivity index (χ0) is 16.5. The Morgan fingerprint density at radius 2 is 1.79 bits per heavy atom. The van der Waals surface area contributed by atoms with Crippen LogP contribution in [0.15, 0.2) is 36.7 Å². The van der Waals surface area contributed by atoms with Crippen molar-refractivity contribution >= 4 is 5.78 Å². The molecule has 0 aliphatic carbocycles. The third-order valence-corrected chi connectivity index (χ3v) is 4.76. The molecule has 124 valence electrons. The molecule has 1 aliphatic heterocycles. The maximum Gasteiger partial charge on any atom is 0.254 e. The summed E-state index contributed by atoms with van der Waals surface area (Å²) >= 11 is 0. The minimum absolute atomic E-state index is 0.406. The van der Waals surface area contributed by atoms with Gasteiger partial charge in [-0.15, -0.1) is 10.2 Å². The second kappa shape index (κ2) is 6.30. The van der Waals surface area contributed by atoms with Crippen molar-refractivity contribution in [3.8, 4) is 11.1 Å². The van der Waals surface area contributed by atoms with Crippen molar-refractivity contribution in [1.82, 2.24) is 24.5 Å². The molecule has 3 aromatic rings.